The minimum atomic E-state index is -3.06. The summed E-state index contributed by atoms with van der Waals surface area (Å²) in [6.45, 7) is 1.31. The Hall–Kier alpha value is -1.90. The molecule has 8 nitrogen and oxygen atoms in total. The van der Waals surface area contributed by atoms with Crippen molar-refractivity contribution in [1.29, 1.82) is 0 Å². The third-order valence-electron chi connectivity index (χ3n) is 3.93. The predicted octanol–water partition coefficient (Wildman–Crippen LogP) is -0.469. The Labute approximate surface area is 129 Å². The van der Waals surface area contributed by atoms with Crippen LogP contribution in [0.3, 0.4) is 0 Å². The van der Waals surface area contributed by atoms with E-state index in [0.717, 1.165) is 0 Å². The van der Waals surface area contributed by atoms with E-state index in [2.05, 4.69) is 5.10 Å². The van der Waals surface area contributed by atoms with Gasteiger partial charge in [0, 0.05) is 25.8 Å². The number of carbonyl (C=O) groups excluding carboxylic acids is 2. The highest BCUT2D eigenvalue weighted by atomic mass is 32.2. The van der Waals surface area contributed by atoms with E-state index in [1.807, 2.05) is 0 Å². The Morgan fingerprint density at radius 2 is 2.18 bits per heavy atom. The number of hydrogen-bond acceptors (Lipinski definition) is 6. The number of hydrogen-bond donors (Lipinski definition) is 0. The van der Waals surface area contributed by atoms with Crippen molar-refractivity contribution in [3.8, 4) is 0 Å². The summed E-state index contributed by atoms with van der Waals surface area (Å²) in [6, 6.07) is -0.351. The van der Waals surface area contributed by atoms with Crippen LogP contribution in [0.5, 0.6) is 0 Å². The number of esters is 1. The lowest BCUT2D eigenvalue weighted by Crippen LogP contribution is -2.40. The van der Waals surface area contributed by atoms with Crippen LogP contribution in [0, 0.1) is 6.92 Å². The van der Waals surface area contributed by atoms with E-state index in [-0.39, 0.29) is 17.5 Å². The van der Waals surface area contributed by atoms with Gasteiger partial charge in [-0.15, -0.1) is 0 Å². The van der Waals surface area contributed by atoms with Gasteiger partial charge in [-0.3, -0.25) is 9.48 Å². The molecular weight excluding hydrogens is 310 g/mol. The van der Waals surface area contributed by atoms with Crippen LogP contribution in [-0.4, -0.2) is 66.2 Å². The molecule has 1 unspecified atom stereocenters. The van der Waals surface area contributed by atoms with Gasteiger partial charge in [-0.1, -0.05) is 0 Å². The molecule has 1 amide bonds. The first-order valence-corrected chi connectivity index (χ1v) is 8.65. The van der Waals surface area contributed by atoms with Gasteiger partial charge in [0.15, 0.2) is 16.4 Å². The maximum Gasteiger partial charge on any atom is 0.342 e. The van der Waals surface area contributed by atoms with Gasteiger partial charge in [0.25, 0.3) is 5.91 Å². The fraction of sp³-hybridized carbons (Fsp3) is 0.615. The minimum absolute atomic E-state index is 0.0368. The fourth-order valence-corrected chi connectivity index (χ4v) is 4.06. The van der Waals surface area contributed by atoms with Gasteiger partial charge in [0.2, 0.25) is 0 Å². The summed E-state index contributed by atoms with van der Waals surface area (Å²) in [5, 5.41) is 3.93. The van der Waals surface area contributed by atoms with E-state index >= 15 is 0 Å². The summed E-state index contributed by atoms with van der Waals surface area (Å²) in [7, 11) is 0.161. The number of likely N-dealkylation sites (N-methyl/N-ethyl adjacent to an activating group) is 1. The van der Waals surface area contributed by atoms with Gasteiger partial charge < -0.3 is 9.64 Å². The average Bonchev–Trinajstić information content (AvgIpc) is 2.98. The van der Waals surface area contributed by atoms with E-state index in [4.69, 9.17) is 4.74 Å². The third kappa shape index (κ3) is 3.46. The first-order chi connectivity index (χ1) is 10.2. The summed E-state index contributed by atoms with van der Waals surface area (Å²) in [6.07, 6.45) is 1.80. The van der Waals surface area contributed by atoms with Crippen LogP contribution < -0.4 is 0 Å². The van der Waals surface area contributed by atoms with Crippen LogP contribution >= 0.6 is 0 Å². The van der Waals surface area contributed by atoms with Gasteiger partial charge in [-0.05, 0) is 13.3 Å². The van der Waals surface area contributed by atoms with Crippen LogP contribution in [-0.2, 0) is 26.4 Å². The van der Waals surface area contributed by atoms with Crippen molar-refractivity contribution in [1.82, 2.24) is 14.7 Å². The molecule has 1 aliphatic rings. The van der Waals surface area contributed by atoms with E-state index in [0.29, 0.717) is 17.7 Å². The zero-order chi connectivity index (χ0) is 16.5. The number of rotatable bonds is 4. The second-order valence-corrected chi connectivity index (χ2v) is 7.63. The first-order valence-electron chi connectivity index (χ1n) is 6.83. The molecule has 0 spiro atoms. The van der Waals surface area contributed by atoms with Crippen LogP contribution in [0.4, 0.5) is 0 Å². The van der Waals surface area contributed by atoms with Crippen LogP contribution in [0.15, 0.2) is 6.20 Å². The number of ether oxygens (including phenoxy) is 1. The van der Waals surface area contributed by atoms with Crippen molar-refractivity contribution in [2.24, 2.45) is 7.05 Å². The quantitative estimate of drug-likeness (QED) is 0.693. The van der Waals surface area contributed by atoms with Crippen LogP contribution in [0.2, 0.25) is 0 Å². The zero-order valence-corrected chi connectivity index (χ0v) is 13.6. The lowest BCUT2D eigenvalue weighted by atomic mass is 10.2. The third-order valence-corrected chi connectivity index (χ3v) is 5.68. The van der Waals surface area contributed by atoms with Crippen LogP contribution in [0.1, 0.15) is 22.5 Å². The lowest BCUT2D eigenvalue weighted by molar-refractivity contribution is -0.134. The molecule has 2 heterocycles. The van der Waals surface area contributed by atoms with Crippen molar-refractivity contribution in [2.75, 3.05) is 25.2 Å². The van der Waals surface area contributed by atoms with Crippen LogP contribution in [0.25, 0.3) is 0 Å². The smallest absolute Gasteiger partial charge is 0.342 e. The van der Waals surface area contributed by atoms with Crippen molar-refractivity contribution in [2.45, 2.75) is 19.4 Å². The maximum absolute atomic E-state index is 12.0. The Morgan fingerprint density at radius 1 is 1.50 bits per heavy atom. The van der Waals surface area contributed by atoms with E-state index in [9.17, 15) is 18.0 Å². The highest BCUT2D eigenvalue weighted by Crippen LogP contribution is 2.16. The second kappa shape index (κ2) is 6.07. The minimum Gasteiger partial charge on any atom is -0.452 e. The Kier molecular flexibility index (Phi) is 4.55. The molecule has 0 aliphatic carbocycles. The Morgan fingerprint density at radius 3 is 2.68 bits per heavy atom. The SMILES string of the molecule is Cc1c(C(=O)OCC(=O)N(C)C2CCS(=O)(=O)C2)cnn1C. The highest BCUT2D eigenvalue weighted by Gasteiger charge is 2.33. The Bertz CT molecular complexity index is 695. The molecule has 22 heavy (non-hydrogen) atoms. The molecule has 1 aromatic rings. The van der Waals surface area contributed by atoms with Crippen molar-refractivity contribution >= 4 is 21.7 Å². The van der Waals surface area contributed by atoms with Gasteiger partial charge in [0.1, 0.15) is 5.56 Å². The van der Waals surface area contributed by atoms with E-state index in [1.54, 1.807) is 14.0 Å². The molecular formula is C13H19N3O5S. The molecule has 0 bridgehead atoms. The number of carbonyl (C=O) groups is 2. The summed E-state index contributed by atoms with van der Waals surface area (Å²) in [4.78, 5) is 25.2. The van der Waals surface area contributed by atoms with Gasteiger partial charge in [-0.25, -0.2) is 13.2 Å². The normalized spacial score (nSPS) is 19.9. The van der Waals surface area contributed by atoms with E-state index in [1.165, 1.54) is 22.8 Å². The molecule has 1 aromatic heterocycles. The number of nitrogens with zero attached hydrogens (tertiary/aromatic N) is 3. The largest absolute Gasteiger partial charge is 0.452 e. The lowest BCUT2D eigenvalue weighted by Gasteiger charge is -2.23. The molecule has 122 valence electrons. The molecule has 9 heteroatoms. The second-order valence-electron chi connectivity index (χ2n) is 5.40. The molecule has 0 aromatic carbocycles. The summed E-state index contributed by atoms with van der Waals surface area (Å²) < 4.78 is 29.4. The number of aryl methyl sites for hydroxylation is 1. The molecule has 1 saturated heterocycles. The summed E-state index contributed by atoms with van der Waals surface area (Å²) in [5.41, 5.74) is 0.953. The number of sulfone groups is 1. The summed E-state index contributed by atoms with van der Waals surface area (Å²) >= 11 is 0. The van der Waals surface area contributed by atoms with Crippen molar-refractivity contribution < 1.29 is 22.7 Å². The topological polar surface area (TPSA) is 98.6 Å². The predicted molar refractivity (Wildman–Crippen MR) is 78.1 cm³/mol. The zero-order valence-electron chi connectivity index (χ0n) is 12.8. The molecule has 0 saturated carbocycles. The fourth-order valence-electron chi connectivity index (χ4n) is 2.29. The first kappa shape index (κ1) is 16.5. The van der Waals surface area contributed by atoms with Crippen molar-refractivity contribution in [3.05, 3.63) is 17.5 Å². The molecule has 1 fully saturated rings. The molecule has 1 atom stereocenters. The molecule has 2 rings (SSSR count). The monoisotopic (exact) mass is 329 g/mol. The maximum atomic E-state index is 12.0. The molecule has 0 N–H and O–H groups in total. The van der Waals surface area contributed by atoms with Gasteiger partial charge in [0.05, 0.1) is 17.7 Å². The van der Waals surface area contributed by atoms with Crippen molar-refractivity contribution in [3.63, 3.8) is 0 Å². The number of aromatic nitrogens is 2. The average molecular weight is 329 g/mol. The van der Waals surface area contributed by atoms with Gasteiger partial charge in [-0.2, -0.15) is 5.10 Å². The molecule has 1 aliphatic heterocycles. The Balaban J connectivity index is 1.90. The molecule has 0 radical (unpaired) electrons. The summed E-state index contributed by atoms with van der Waals surface area (Å²) in [5.74, 6) is -0.988. The van der Waals surface area contributed by atoms with E-state index < -0.39 is 28.3 Å². The number of amides is 1. The van der Waals surface area contributed by atoms with Gasteiger partial charge >= 0.3 is 5.97 Å². The highest BCUT2D eigenvalue weighted by molar-refractivity contribution is 7.91. The standard InChI is InChI=1S/C13H19N3O5S/c1-9-11(6-14-16(9)3)13(18)21-7-12(17)15(2)10-4-5-22(19,20)8-10/h6,10H,4-5,7-8H2,1-3H3.